The van der Waals surface area contributed by atoms with Gasteiger partial charge in [0.05, 0.1) is 5.41 Å². The van der Waals surface area contributed by atoms with E-state index < -0.39 is 5.41 Å². The molecule has 0 aliphatic rings. The Morgan fingerprint density at radius 3 is 2.67 bits per heavy atom. The van der Waals surface area contributed by atoms with Crippen LogP contribution >= 0.6 is 15.9 Å². The molecule has 0 saturated carbocycles. The number of nitrogens with one attached hydrogen (secondary N) is 2. The fraction of sp³-hybridized carbons (Fsp3) is 0.462. The largest absolute Gasteiger partial charge is 0.359 e. The van der Waals surface area contributed by atoms with Crippen LogP contribution in [0.4, 0.5) is 4.39 Å². The Labute approximate surface area is 115 Å². The normalized spacial score (nSPS) is 11.4. The van der Waals surface area contributed by atoms with E-state index in [1.54, 1.807) is 19.2 Å². The first-order valence-corrected chi connectivity index (χ1v) is 6.53. The molecule has 0 spiro atoms. The van der Waals surface area contributed by atoms with E-state index >= 15 is 0 Å². The van der Waals surface area contributed by atoms with Crippen LogP contribution in [0.5, 0.6) is 0 Å². The summed E-state index contributed by atoms with van der Waals surface area (Å²) in [4.78, 5) is 11.6. The lowest BCUT2D eigenvalue weighted by atomic mass is 9.92. The van der Waals surface area contributed by atoms with Crippen LogP contribution in [0.1, 0.15) is 19.4 Å². The van der Waals surface area contributed by atoms with Gasteiger partial charge in [0.1, 0.15) is 5.82 Å². The first kappa shape index (κ1) is 15.1. The maximum Gasteiger partial charge on any atom is 0.226 e. The summed E-state index contributed by atoms with van der Waals surface area (Å²) in [7, 11) is 1.61. The van der Waals surface area contributed by atoms with Gasteiger partial charge in [-0.25, -0.2) is 4.39 Å². The number of hydrogen-bond donors (Lipinski definition) is 2. The lowest BCUT2D eigenvalue weighted by Crippen LogP contribution is -2.41. The Balaban J connectivity index is 2.54. The molecular formula is C13H18BrFN2O. The third kappa shape index (κ3) is 4.07. The maximum absolute atomic E-state index is 13.5. The molecule has 0 aromatic heterocycles. The van der Waals surface area contributed by atoms with E-state index in [-0.39, 0.29) is 11.7 Å². The molecule has 2 N–H and O–H groups in total. The van der Waals surface area contributed by atoms with Gasteiger partial charge < -0.3 is 10.6 Å². The van der Waals surface area contributed by atoms with E-state index in [1.165, 1.54) is 6.07 Å². The average molecular weight is 317 g/mol. The highest BCUT2D eigenvalue weighted by molar-refractivity contribution is 9.10. The highest BCUT2D eigenvalue weighted by atomic mass is 79.9. The van der Waals surface area contributed by atoms with Crippen LogP contribution in [0, 0.1) is 11.2 Å². The van der Waals surface area contributed by atoms with Gasteiger partial charge in [0.2, 0.25) is 5.91 Å². The third-order valence-electron chi connectivity index (χ3n) is 2.74. The van der Waals surface area contributed by atoms with Gasteiger partial charge in [0.25, 0.3) is 0 Å². The van der Waals surface area contributed by atoms with Crippen LogP contribution in [0.2, 0.25) is 0 Å². The van der Waals surface area contributed by atoms with Crippen molar-refractivity contribution in [2.75, 3.05) is 13.6 Å². The SMILES string of the molecule is CNC(=O)C(C)(C)CNCc1ccc(Br)cc1F. The Morgan fingerprint density at radius 1 is 1.44 bits per heavy atom. The first-order valence-electron chi connectivity index (χ1n) is 5.73. The number of halogens is 2. The molecule has 0 fully saturated rings. The molecular weight excluding hydrogens is 299 g/mol. The van der Waals surface area contributed by atoms with Gasteiger partial charge in [-0.15, -0.1) is 0 Å². The molecule has 0 bridgehead atoms. The second-order valence-electron chi connectivity index (χ2n) is 4.80. The monoisotopic (exact) mass is 316 g/mol. The van der Waals surface area contributed by atoms with E-state index in [0.717, 1.165) is 4.47 Å². The van der Waals surface area contributed by atoms with E-state index in [0.29, 0.717) is 18.7 Å². The summed E-state index contributed by atoms with van der Waals surface area (Å²) in [5.74, 6) is -0.291. The Kier molecular flexibility index (Phi) is 5.28. The van der Waals surface area contributed by atoms with Gasteiger partial charge in [0.15, 0.2) is 0 Å². The van der Waals surface area contributed by atoms with Crippen LogP contribution in [0.15, 0.2) is 22.7 Å². The van der Waals surface area contributed by atoms with Crippen LogP contribution in [0.25, 0.3) is 0 Å². The number of hydrogen-bond acceptors (Lipinski definition) is 2. The zero-order valence-electron chi connectivity index (χ0n) is 10.8. The summed E-state index contributed by atoms with van der Waals surface area (Å²) in [5, 5.41) is 5.71. The van der Waals surface area contributed by atoms with Crippen molar-refractivity contribution < 1.29 is 9.18 Å². The van der Waals surface area contributed by atoms with Crippen molar-refractivity contribution >= 4 is 21.8 Å². The summed E-state index contributed by atoms with van der Waals surface area (Å²) in [6, 6.07) is 4.95. The van der Waals surface area contributed by atoms with Crippen molar-refractivity contribution in [3.05, 3.63) is 34.1 Å². The maximum atomic E-state index is 13.5. The quantitative estimate of drug-likeness (QED) is 0.876. The van der Waals surface area contributed by atoms with E-state index in [2.05, 4.69) is 26.6 Å². The zero-order chi connectivity index (χ0) is 13.8. The number of benzene rings is 1. The molecule has 18 heavy (non-hydrogen) atoms. The smallest absolute Gasteiger partial charge is 0.226 e. The van der Waals surface area contributed by atoms with Gasteiger partial charge in [-0.05, 0) is 26.0 Å². The molecule has 0 aliphatic heterocycles. The molecule has 3 nitrogen and oxygen atoms in total. The van der Waals surface area contributed by atoms with Gasteiger partial charge in [-0.2, -0.15) is 0 Å². The van der Waals surface area contributed by atoms with E-state index in [4.69, 9.17) is 0 Å². The minimum Gasteiger partial charge on any atom is -0.359 e. The summed E-state index contributed by atoms with van der Waals surface area (Å²) < 4.78 is 14.3. The molecule has 100 valence electrons. The number of amides is 1. The van der Waals surface area contributed by atoms with E-state index in [1.807, 2.05) is 13.8 Å². The molecule has 1 rings (SSSR count). The third-order valence-corrected chi connectivity index (χ3v) is 3.23. The summed E-state index contributed by atoms with van der Waals surface area (Å²) in [5.41, 5.74) is 0.0755. The zero-order valence-corrected chi connectivity index (χ0v) is 12.4. The van der Waals surface area contributed by atoms with Crippen molar-refractivity contribution in [1.29, 1.82) is 0 Å². The molecule has 0 atom stereocenters. The van der Waals surface area contributed by atoms with Crippen molar-refractivity contribution in [1.82, 2.24) is 10.6 Å². The second kappa shape index (κ2) is 6.29. The first-order chi connectivity index (χ1) is 8.36. The lowest BCUT2D eigenvalue weighted by molar-refractivity contribution is -0.128. The van der Waals surface area contributed by atoms with Gasteiger partial charge in [-0.3, -0.25) is 4.79 Å². The van der Waals surface area contributed by atoms with Crippen LogP contribution in [0.3, 0.4) is 0 Å². The fourth-order valence-electron chi connectivity index (χ4n) is 1.59. The molecule has 1 amide bonds. The highest BCUT2D eigenvalue weighted by Gasteiger charge is 2.25. The predicted octanol–water partition coefficient (Wildman–Crippen LogP) is 2.45. The molecule has 0 radical (unpaired) electrons. The van der Waals surface area contributed by atoms with Gasteiger partial charge in [-0.1, -0.05) is 22.0 Å². The predicted molar refractivity (Wildman–Crippen MR) is 73.7 cm³/mol. The van der Waals surface area contributed by atoms with Crippen LogP contribution in [-0.2, 0) is 11.3 Å². The summed E-state index contributed by atoms with van der Waals surface area (Å²) in [6.45, 7) is 4.58. The lowest BCUT2D eigenvalue weighted by Gasteiger charge is -2.23. The van der Waals surface area contributed by atoms with Crippen LogP contribution < -0.4 is 10.6 Å². The number of carbonyl (C=O) groups is 1. The fourth-order valence-corrected chi connectivity index (χ4v) is 1.93. The molecule has 0 unspecified atom stereocenters. The summed E-state index contributed by atoms with van der Waals surface area (Å²) >= 11 is 3.21. The molecule has 0 saturated heterocycles. The molecule has 1 aromatic rings. The minimum atomic E-state index is -0.513. The molecule has 1 aromatic carbocycles. The topological polar surface area (TPSA) is 41.1 Å². The molecule has 0 aliphatic carbocycles. The van der Waals surface area contributed by atoms with E-state index in [9.17, 15) is 9.18 Å². The van der Waals surface area contributed by atoms with Crippen LogP contribution in [-0.4, -0.2) is 19.5 Å². The van der Waals surface area contributed by atoms with Gasteiger partial charge >= 0.3 is 0 Å². The van der Waals surface area contributed by atoms with Crippen molar-refractivity contribution in [2.24, 2.45) is 5.41 Å². The summed E-state index contributed by atoms with van der Waals surface area (Å²) in [6.07, 6.45) is 0. The Hall–Kier alpha value is -0.940. The second-order valence-corrected chi connectivity index (χ2v) is 5.72. The highest BCUT2D eigenvalue weighted by Crippen LogP contribution is 2.16. The van der Waals surface area contributed by atoms with Gasteiger partial charge in [0, 0.05) is 30.2 Å². The standard InChI is InChI=1S/C13H18BrFN2O/c1-13(2,12(18)16-3)8-17-7-9-4-5-10(14)6-11(9)15/h4-6,17H,7-8H2,1-3H3,(H,16,18). The molecule has 5 heteroatoms. The number of carbonyl (C=O) groups excluding carboxylic acids is 1. The number of rotatable bonds is 5. The van der Waals surface area contributed by atoms with Crippen molar-refractivity contribution in [2.45, 2.75) is 20.4 Å². The minimum absolute atomic E-state index is 0.0359. The van der Waals surface area contributed by atoms with Crippen molar-refractivity contribution in [3.8, 4) is 0 Å². The Morgan fingerprint density at radius 2 is 2.11 bits per heavy atom. The van der Waals surface area contributed by atoms with Crippen molar-refractivity contribution in [3.63, 3.8) is 0 Å². The Bertz CT molecular complexity index is 435. The average Bonchev–Trinajstić information content (AvgIpc) is 2.30. The molecule has 0 heterocycles.